The van der Waals surface area contributed by atoms with Crippen LogP contribution >= 0.6 is 34.8 Å². The fraction of sp³-hybridized carbons (Fsp3) is 0.241. The molecule has 188 valence electrons. The van der Waals surface area contributed by atoms with Crippen molar-refractivity contribution in [1.29, 1.82) is 0 Å². The molecule has 1 aliphatic heterocycles. The lowest BCUT2D eigenvalue weighted by molar-refractivity contribution is 0.112. The molecule has 2 aliphatic rings. The van der Waals surface area contributed by atoms with Crippen molar-refractivity contribution in [2.24, 2.45) is 0 Å². The lowest BCUT2D eigenvalue weighted by Gasteiger charge is -2.26. The Kier molecular flexibility index (Phi) is 6.62. The maximum absolute atomic E-state index is 11.1. The Labute approximate surface area is 229 Å². The molecule has 37 heavy (non-hydrogen) atoms. The van der Waals surface area contributed by atoms with Crippen LogP contribution in [0.15, 0.2) is 59.1 Å². The topological polar surface area (TPSA) is 61.6 Å². The Bertz CT molecular complexity index is 1470. The number of nitrogens with zero attached hydrogens (tertiary/aromatic N) is 1. The first-order valence-corrected chi connectivity index (χ1v) is 13.2. The fourth-order valence-electron chi connectivity index (χ4n) is 4.79. The van der Waals surface area contributed by atoms with Gasteiger partial charge in [0, 0.05) is 28.0 Å². The van der Waals surface area contributed by atoms with Crippen molar-refractivity contribution in [1.82, 2.24) is 5.16 Å². The first kappa shape index (κ1) is 24.4. The van der Waals surface area contributed by atoms with Gasteiger partial charge < -0.3 is 14.0 Å². The number of benzene rings is 3. The molecule has 0 N–H and O–H groups in total. The third kappa shape index (κ3) is 4.84. The standard InChI is InChI=1S/C29H22Cl3NO4/c30-23-2-1-3-24(31)27(23)28-22(29(37-33-28)17-6-7-17)15-35-20-8-9-21(25(32)12-20)19-11-18-5-4-16(13-34)10-26(18)36-14-19/h1-5,8-10,12-13,17,19H,6-7,11,14-15H2. The zero-order valence-electron chi connectivity index (χ0n) is 19.7. The van der Waals surface area contributed by atoms with E-state index >= 15 is 0 Å². The van der Waals surface area contributed by atoms with E-state index < -0.39 is 0 Å². The van der Waals surface area contributed by atoms with Crippen LogP contribution < -0.4 is 9.47 Å². The highest BCUT2D eigenvalue weighted by Gasteiger charge is 2.34. The average molecular weight is 555 g/mol. The largest absolute Gasteiger partial charge is 0.493 e. The van der Waals surface area contributed by atoms with Crippen molar-refractivity contribution >= 4 is 41.1 Å². The lowest BCUT2D eigenvalue weighted by Crippen LogP contribution is -2.19. The molecule has 3 aromatic carbocycles. The highest BCUT2D eigenvalue weighted by atomic mass is 35.5. The second-order valence-electron chi connectivity index (χ2n) is 9.41. The van der Waals surface area contributed by atoms with Crippen LogP contribution in [0.5, 0.6) is 11.5 Å². The van der Waals surface area contributed by atoms with Crippen molar-refractivity contribution in [3.8, 4) is 22.8 Å². The molecule has 0 saturated heterocycles. The number of ether oxygens (including phenoxy) is 2. The molecule has 0 spiro atoms. The van der Waals surface area contributed by atoms with Crippen LogP contribution in [0.4, 0.5) is 0 Å². The Morgan fingerprint density at radius 3 is 2.51 bits per heavy atom. The predicted octanol–water partition coefficient (Wildman–Crippen LogP) is 8.29. The molecule has 5 nitrogen and oxygen atoms in total. The molecule has 0 radical (unpaired) electrons. The van der Waals surface area contributed by atoms with Gasteiger partial charge in [-0.25, -0.2) is 0 Å². The van der Waals surface area contributed by atoms with E-state index in [1.165, 1.54) is 0 Å². The van der Waals surface area contributed by atoms with Crippen LogP contribution in [-0.4, -0.2) is 18.0 Å². The van der Waals surface area contributed by atoms with E-state index in [9.17, 15) is 4.79 Å². The van der Waals surface area contributed by atoms with E-state index in [-0.39, 0.29) is 12.5 Å². The number of aromatic nitrogens is 1. The number of aldehydes is 1. The van der Waals surface area contributed by atoms with Crippen LogP contribution in [0, 0.1) is 0 Å². The molecule has 2 heterocycles. The summed E-state index contributed by atoms with van der Waals surface area (Å²) >= 11 is 19.6. The van der Waals surface area contributed by atoms with Crippen LogP contribution in [0.25, 0.3) is 11.3 Å². The molecular weight excluding hydrogens is 533 g/mol. The predicted molar refractivity (Wildman–Crippen MR) is 143 cm³/mol. The maximum Gasteiger partial charge on any atom is 0.150 e. The first-order valence-electron chi connectivity index (χ1n) is 12.1. The minimum atomic E-state index is 0.102. The molecule has 0 bridgehead atoms. The highest BCUT2D eigenvalue weighted by Crippen LogP contribution is 2.46. The van der Waals surface area contributed by atoms with Gasteiger partial charge in [-0.05, 0) is 60.7 Å². The van der Waals surface area contributed by atoms with Crippen molar-refractivity contribution in [3.05, 3.63) is 97.7 Å². The molecule has 8 heteroatoms. The van der Waals surface area contributed by atoms with Gasteiger partial charge in [0.05, 0.1) is 22.2 Å². The Morgan fingerprint density at radius 2 is 1.78 bits per heavy atom. The van der Waals surface area contributed by atoms with Crippen molar-refractivity contribution in [2.45, 2.75) is 37.7 Å². The summed E-state index contributed by atoms with van der Waals surface area (Å²) in [5, 5.41) is 5.95. The van der Waals surface area contributed by atoms with E-state index in [1.807, 2.05) is 24.3 Å². The Morgan fingerprint density at radius 1 is 0.973 bits per heavy atom. The number of carbonyl (C=O) groups excluding carboxylic acids is 1. The van der Waals surface area contributed by atoms with Crippen LogP contribution in [-0.2, 0) is 13.0 Å². The second kappa shape index (κ2) is 10.1. The molecule has 1 unspecified atom stereocenters. The number of hydrogen-bond donors (Lipinski definition) is 0. The summed E-state index contributed by atoms with van der Waals surface area (Å²) in [6.07, 6.45) is 3.72. The van der Waals surface area contributed by atoms with Crippen molar-refractivity contribution in [3.63, 3.8) is 0 Å². The normalized spacial score (nSPS) is 16.7. The quantitative estimate of drug-likeness (QED) is 0.215. The number of carbonyl (C=O) groups is 1. The summed E-state index contributed by atoms with van der Waals surface area (Å²) < 4.78 is 17.9. The molecule has 1 aliphatic carbocycles. The maximum atomic E-state index is 11.1. The summed E-state index contributed by atoms with van der Waals surface area (Å²) in [6, 6.07) is 16.6. The van der Waals surface area contributed by atoms with E-state index in [1.54, 1.807) is 30.3 Å². The number of halogens is 3. The van der Waals surface area contributed by atoms with Gasteiger partial charge in [-0.1, -0.05) is 64.2 Å². The number of rotatable bonds is 7. The summed E-state index contributed by atoms with van der Waals surface area (Å²) in [5.74, 6) is 2.66. The van der Waals surface area contributed by atoms with E-state index in [2.05, 4.69) is 5.16 Å². The lowest BCUT2D eigenvalue weighted by atomic mass is 9.90. The SMILES string of the molecule is O=Cc1ccc2c(c1)OCC(c1ccc(OCc3c(-c4c(Cl)cccc4Cl)noc3C3CC3)cc1Cl)C2. The monoisotopic (exact) mass is 553 g/mol. The second-order valence-corrected chi connectivity index (χ2v) is 10.6. The van der Waals surface area contributed by atoms with Gasteiger partial charge in [-0.3, -0.25) is 4.79 Å². The highest BCUT2D eigenvalue weighted by molar-refractivity contribution is 6.39. The molecule has 1 aromatic heterocycles. The van der Waals surface area contributed by atoms with Gasteiger partial charge in [-0.2, -0.15) is 0 Å². The first-order chi connectivity index (χ1) is 18.0. The smallest absolute Gasteiger partial charge is 0.150 e. The average Bonchev–Trinajstić information content (AvgIpc) is 3.67. The number of fused-ring (bicyclic) bond motifs is 1. The minimum absolute atomic E-state index is 0.102. The van der Waals surface area contributed by atoms with E-state index in [0.717, 1.165) is 53.7 Å². The van der Waals surface area contributed by atoms with Gasteiger partial charge in [-0.15, -0.1) is 0 Å². The van der Waals surface area contributed by atoms with Gasteiger partial charge in [0.1, 0.15) is 35.8 Å². The van der Waals surface area contributed by atoms with Crippen LogP contribution in [0.2, 0.25) is 15.1 Å². The Hall–Kier alpha value is -2.99. The molecule has 0 amide bonds. The molecule has 1 atom stereocenters. The summed E-state index contributed by atoms with van der Waals surface area (Å²) in [4.78, 5) is 11.1. The van der Waals surface area contributed by atoms with Gasteiger partial charge in [0.25, 0.3) is 0 Å². The molecule has 1 fully saturated rings. The third-order valence-electron chi connectivity index (χ3n) is 6.89. The summed E-state index contributed by atoms with van der Waals surface area (Å²) in [5.41, 5.74) is 4.76. The van der Waals surface area contributed by atoms with E-state index in [4.69, 9.17) is 48.8 Å². The summed E-state index contributed by atoms with van der Waals surface area (Å²) in [6.45, 7) is 0.740. The van der Waals surface area contributed by atoms with Gasteiger partial charge in [0.2, 0.25) is 0 Å². The van der Waals surface area contributed by atoms with Gasteiger partial charge in [0.15, 0.2) is 0 Å². The van der Waals surface area contributed by atoms with Crippen molar-refractivity contribution in [2.75, 3.05) is 6.61 Å². The van der Waals surface area contributed by atoms with E-state index in [0.29, 0.717) is 50.2 Å². The summed E-state index contributed by atoms with van der Waals surface area (Å²) in [7, 11) is 0. The van der Waals surface area contributed by atoms with Gasteiger partial charge >= 0.3 is 0 Å². The third-order valence-corrected chi connectivity index (χ3v) is 7.85. The Balaban J connectivity index is 1.22. The van der Waals surface area contributed by atoms with Crippen LogP contribution in [0.1, 0.15) is 57.5 Å². The zero-order valence-corrected chi connectivity index (χ0v) is 21.9. The van der Waals surface area contributed by atoms with Crippen molar-refractivity contribution < 1.29 is 18.8 Å². The van der Waals surface area contributed by atoms with Crippen LogP contribution in [0.3, 0.4) is 0 Å². The number of hydrogen-bond acceptors (Lipinski definition) is 5. The molecular formula is C29H22Cl3NO4. The molecule has 1 saturated carbocycles. The molecule has 6 rings (SSSR count). The zero-order chi connectivity index (χ0) is 25.5. The minimum Gasteiger partial charge on any atom is -0.493 e. The molecule has 4 aromatic rings. The fourth-order valence-corrected chi connectivity index (χ4v) is 5.70.